The molecule has 6 rings (SSSR count). The highest BCUT2D eigenvalue weighted by molar-refractivity contribution is 5.96. The summed E-state index contributed by atoms with van der Waals surface area (Å²) < 4.78 is 23.6. The summed E-state index contributed by atoms with van der Waals surface area (Å²) in [6.45, 7) is 6.19. The van der Waals surface area contributed by atoms with Gasteiger partial charge in [0, 0.05) is 37.2 Å². The molecule has 2 spiro atoms. The fourth-order valence-corrected chi connectivity index (χ4v) is 8.91. The Kier molecular flexibility index (Phi) is 4.70. The molecule has 0 unspecified atom stereocenters. The summed E-state index contributed by atoms with van der Waals surface area (Å²) in [7, 11) is 4.85. The predicted molar refractivity (Wildman–Crippen MR) is 128 cm³/mol. The van der Waals surface area contributed by atoms with Crippen molar-refractivity contribution in [1.82, 2.24) is 4.90 Å². The second-order valence-electron chi connectivity index (χ2n) is 10.6. The molecule has 9 nitrogen and oxygen atoms in total. The molecule has 4 saturated heterocycles. The van der Waals surface area contributed by atoms with Crippen molar-refractivity contribution in [3.8, 4) is 5.75 Å². The Morgan fingerprint density at radius 2 is 2.06 bits per heavy atom. The van der Waals surface area contributed by atoms with Crippen LogP contribution in [0, 0.1) is 11.3 Å². The van der Waals surface area contributed by atoms with Gasteiger partial charge in [0.2, 0.25) is 11.5 Å². The second kappa shape index (κ2) is 7.25. The van der Waals surface area contributed by atoms with Crippen molar-refractivity contribution in [3.05, 3.63) is 36.4 Å². The van der Waals surface area contributed by atoms with Crippen molar-refractivity contribution in [1.29, 1.82) is 0 Å². The van der Waals surface area contributed by atoms with Gasteiger partial charge in [0.05, 0.1) is 25.7 Å². The van der Waals surface area contributed by atoms with Crippen molar-refractivity contribution in [2.24, 2.45) is 11.3 Å². The van der Waals surface area contributed by atoms with Gasteiger partial charge in [0.15, 0.2) is 5.72 Å². The lowest BCUT2D eigenvalue weighted by molar-refractivity contribution is -0.212. The van der Waals surface area contributed by atoms with Gasteiger partial charge in [-0.3, -0.25) is 9.59 Å². The van der Waals surface area contributed by atoms with Crippen molar-refractivity contribution < 1.29 is 33.3 Å². The molecule has 0 N–H and O–H groups in total. The molecular weight excluding hydrogens is 464 g/mol. The normalized spacial score (nSPS) is 38.9. The SMILES string of the molecule is C=CCOC(=O)[C@@H]1[C@]2(C(=O)OC)O[C@@]34N(CC[C@]35c3ccc(OC)cc3N(C)[C@H]25)C(=O)CC[C@]14CC. The van der Waals surface area contributed by atoms with Gasteiger partial charge in [-0.25, -0.2) is 4.79 Å². The molecule has 0 aromatic heterocycles. The number of esters is 2. The van der Waals surface area contributed by atoms with E-state index < -0.39 is 46.1 Å². The number of hydrogen-bond donors (Lipinski definition) is 0. The summed E-state index contributed by atoms with van der Waals surface area (Å²) >= 11 is 0. The lowest BCUT2D eigenvalue weighted by Gasteiger charge is -2.59. The molecule has 192 valence electrons. The Labute approximate surface area is 210 Å². The fourth-order valence-electron chi connectivity index (χ4n) is 8.91. The van der Waals surface area contributed by atoms with E-state index in [9.17, 15) is 14.4 Å². The highest BCUT2D eigenvalue weighted by Gasteiger charge is 2.96. The number of anilines is 1. The molecule has 1 amide bonds. The maximum atomic E-state index is 14.0. The van der Waals surface area contributed by atoms with E-state index in [1.807, 2.05) is 42.0 Å². The Balaban J connectivity index is 1.71. The Morgan fingerprint density at radius 3 is 2.72 bits per heavy atom. The third kappa shape index (κ3) is 2.10. The average Bonchev–Trinajstić information content (AvgIpc) is 3.54. The number of methoxy groups -OCH3 is 2. The number of likely N-dealkylation sites (N-methyl/N-ethyl adjacent to an activating group) is 1. The third-order valence-corrected chi connectivity index (χ3v) is 9.81. The van der Waals surface area contributed by atoms with Crippen LogP contribution in [0.1, 0.15) is 38.2 Å². The van der Waals surface area contributed by atoms with Gasteiger partial charge in [-0.05, 0) is 30.9 Å². The minimum absolute atomic E-state index is 0.0138. The minimum atomic E-state index is -1.66. The van der Waals surface area contributed by atoms with E-state index in [2.05, 4.69) is 6.58 Å². The standard InChI is InChI=1S/C27H32N2O7/c1-6-14-35-21(31)20-24(7-2)11-10-19(30)29-13-12-25-17-9-8-16(33-4)15-18(17)28(3)22(25)26(20,23(32)34-5)36-27(24,25)29/h6,8-9,15,20,22H,1,7,10-14H2,2-5H3/t20-,22-,24+,25+,26-,27+/m0/s1. The molecule has 5 aliphatic rings. The van der Waals surface area contributed by atoms with Gasteiger partial charge in [-0.15, -0.1) is 0 Å². The van der Waals surface area contributed by atoms with E-state index in [0.717, 1.165) is 11.3 Å². The number of carbonyl (C=O) groups excluding carboxylic acids is 3. The van der Waals surface area contributed by atoms with E-state index >= 15 is 0 Å². The van der Waals surface area contributed by atoms with Crippen LogP contribution in [0.5, 0.6) is 5.75 Å². The highest BCUT2D eigenvalue weighted by atomic mass is 16.6. The molecule has 1 aromatic carbocycles. The number of fused-ring (bicyclic) bond motifs is 3. The maximum Gasteiger partial charge on any atom is 0.341 e. The van der Waals surface area contributed by atoms with Crippen LogP contribution in [0.4, 0.5) is 5.69 Å². The van der Waals surface area contributed by atoms with Gasteiger partial charge >= 0.3 is 11.9 Å². The predicted octanol–water partition coefficient (Wildman–Crippen LogP) is 2.17. The number of ether oxygens (including phenoxy) is 4. The highest BCUT2D eigenvalue weighted by Crippen LogP contribution is 2.81. The molecule has 9 heteroatoms. The maximum absolute atomic E-state index is 14.0. The number of piperidine rings is 1. The van der Waals surface area contributed by atoms with Gasteiger partial charge in [0.25, 0.3) is 0 Å². The molecule has 5 heterocycles. The van der Waals surface area contributed by atoms with E-state index in [0.29, 0.717) is 31.6 Å². The zero-order valence-electron chi connectivity index (χ0n) is 21.2. The van der Waals surface area contributed by atoms with Gasteiger partial charge in [0.1, 0.15) is 18.3 Å². The first kappa shape index (κ1) is 23.3. The molecule has 4 fully saturated rings. The first-order chi connectivity index (χ1) is 17.3. The quantitative estimate of drug-likeness (QED) is 0.437. The number of benzene rings is 1. The van der Waals surface area contributed by atoms with E-state index in [1.54, 1.807) is 7.11 Å². The van der Waals surface area contributed by atoms with Gasteiger partial charge in [-0.1, -0.05) is 25.6 Å². The molecule has 2 bridgehead atoms. The molecule has 1 aromatic rings. The largest absolute Gasteiger partial charge is 0.497 e. The summed E-state index contributed by atoms with van der Waals surface area (Å²) in [6.07, 6.45) is 3.37. The summed E-state index contributed by atoms with van der Waals surface area (Å²) in [5.41, 5.74) is -2.49. The number of amides is 1. The molecule has 36 heavy (non-hydrogen) atoms. The molecule has 0 aliphatic carbocycles. The number of rotatable bonds is 6. The van der Waals surface area contributed by atoms with Gasteiger partial charge < -0.3 is 28.7 Å². The number of hydrogen-bond acceptors (Lipinski definition) is 8. The average molecular weight is 497 g/mol. The van der Waals surface area contributed by atoms with Crippen LogP contribution < -0.4 is 9.64 Å². The lowest BCUT2D eigenvalue weighted by atomic mass is 9.45. The Hall–Kier alpha value is -3.07. The van der Waals surface area contributed by atoms with Crippen LogP contribution in [-0.4, -0.2) is 74.5 Å². The monoisotopic (exact) mass is 496 g/mol. The molecular formula is C27H32N2O7. The number of carbonyl (C=O) groups is 3. The van der Waals surface area contributed by atoms with Crippen LogP contribution in [0.25, 0.3) is 0 Å². The lowest BCUT2D eigenvalue weighted by Crippen LogP contribution is -2.75. The van der Waals surface area contributed by atoms with Crippen molar-refractivity contribution in [3.63, 3.8) is 0 Å². The summed E-state index contributed by atoms with van der Waals surface area (Å²) in [4.78, 5) is 45.2. The topological polar surface area (TPSA) is 94.6 Å². The minimum Gasteiger partial charge on any atom is -0.497 e. The Bertz CT molecular complexity index is 1200. The first-order valence-electron chi connectivity index (χ1n) is 12.5. The van der Waals surface area contributed by atoms with E-state index in [1.165, 1.54) is 13.2 Å². The van der Waals surface area contributed by atoms with Crippen molar-refractivity contribution in [2.75, 3.05) is 39.3 Å². The Morgan fingerprint density at radius 1 is 1.28 bits per heavy atom. The smallest absolute Gasteiger partial charge is 0.341 e. The van der Waals surface area contributed by atoms with Crippen molar-refractivity contribution in [2.45, 2.75) is 55.4 Å². The molecule has 5 aliphatic heterocycles. The summed E-state index contributed by atoms with van der Waals surface area (Å²) in [6, 6.07) is 5.32. The van der Waals surface area contributed by atoms with Crippen LogP contribution in [-0.2, 0) is 34.0 Å². The van der Waals surface area contributed by atoms with Crippen molar-refractivity contribution >= 4 is 23.5 Å². The number of nitrogens with zero attached hydrogens (tertiary/aromatic N) is 2. The van der Waals surface area contributed by atoms with Crippen LogP contribution in [0.2, 0.25) is 0 Å². The van der Waals surface area contributed by atoms with E-state index in [-0.39, 0.29) is 18.9 Å². The first-order valence-corrected chi connectivity index (χ1v) is 12.5. The summed E-state index contributed by atoms with van der Waals surface area (Å²) in [5, 5.41) is 0. The fraction of sp³-hybridized carbons (Fsp3) is 0.593. The van der Waals surface area contributed by atoms with E-state index in [4.69, 9.17) is 18.9 Å². The van der Waals surface area contributed by atoms with Crippen LogP contribution >= 0.6 is 0 Å². The summed E-state index contributed by atoms with van der Waals surface area (Å²) in [5.74, 6) is -1.41. The molecule has 0 radical (unpaired) electrons. The zero-order valence-corrected chi connectivity index (χ0v) is 21.2. The van der Waals surface area contributed by atoms with Crippen LogP contribution in [0.15, 0.2) is 30.9 Å². The second-order valence-corrected chi connectivity index (χ2v) is 10.6. The van der Waals surface area contributed by atoms with Gasteiger partial charge in [-0.2, -0.15) is 0 Å². The zero-order chi connectivity index (χ0) is 25.7. The molecule has 0 saturated carbocycles. The third-order valence-electron chi connectivity index (χ3n) is 9.81. The van der Waals surface area contributed by atoms with Crippen LogP contribution in [0.3, 0.4) is 0 Å². The molecule has 6 atom stereocenters.